The van der Waals surface area contributed by atoms with E-state index in [4.69, 9.17) is 5.73 Å². The number of nitrogen functional groups attached to an aromatic ring is 1. The smallest absolute Gasteiger partial charge is 0.222 e. The molecule has 0 amide bonds. The molecule has 1 aliphatic heterocycles. The van der Waals surface area contributed by atoms with E-state index in [9.17, 15) is 0 Å². The third-order valence-electron chi connectivity index (χ3n) is 3.87. The Morgan fingerprint density at radius 1 is 1.26 bits per heavy atom. The molecule has 0 fully saturated rings. The van der Waals surface area contributed by atoms with Gasteiger partial charge in [0.15, 0.2) is 0 Å². The minimum atomic E-state index is 0.293. The van der Waals surface area contributed by atoms with Gasteiger partial charge in [0.2, 0.25) is 5.95 Å². The fourth-order valence-electron chi connectivity index (χ4n) is 3.00. The van der Waals surface area contributed by atoms with E-state index in [1.165, 1.54) is 5.69 Å². The molecule has 0 saturated heterocycles. The summed E-state index contributed by atoms with van der Waals surface area (Å²) in [6.45, 7) is 11.2. The topological polar surface area (TPSA) is 84.9 Å². The number of fused-ring (bicyclic) bond motifs is 1. The second kappa shape index (κ2) is 6.54. The second-order valence-corrected chi connectivity index (χ2v) is 6.59. The number of nitrogens with one attached hydrogen (secondary N) is 1. The van der Waals surface area contributed by atoms with Crippen molar-refractivity contribution in [2.75, 3.05) is 24.1 Å². The van der Waals surface area contributed by atoms with Crippen molar-refractivity contribution < 1.29 is 0 Å². The minimum absolute atomic E-state index is 0.293. The van der Waals surface area contributed by atoms with Crippen LogP contribution in [0.15, 0.2) is 12.1 Å². The van der Waals surface area contributed by atoms with Crippen LogP contribution in [0.3, 0.4) is 0 Å². The molecule has 0 aromatic carbocycles. The monoisotopic (exact) mass is 315 g/mol. The molecule has 3 heterocycles. The number of aryl methyl sites for hydroxylation is 1. The lowest BCUT2D eigenvalue weighted by atomic mass is 10.2. The van der Waals surface area contributed by atoms with Crippen molar-refractivity contribution in [3.05, 3.63) is 29.2 Å². The van der Waals surface area contributed by atoms with Crippen LogP contribution in [0.1, 0.15) is 30.9 Å². The van der Waals surface area contributed by atoms with E-state index in [1.807, 2.05) is 13.0 Å². The fourth-order valence-corrected chi connectivity index (χ4v) is 3.00. The zero-order valence-corrected chi connectivity index (χ0v) is 14.1. The van der Waals surface area contributed by atoms with E-state index < -0.39 is 0 Å². The molecular weight excluding hydrogens is 290 g/mol. The number of anilines is 2. The van der Waals surface area contributed by atoms with Crippen molar-refractivity contribution in [2.24, 2.45) is 5.92 Å². The summed E-state index contributed by atoms with van der Waals surface area (Å²) in [7, 11) is 0. The van der Waals surface area contributed by atoms with Crippen LogP contribution in [0, 0.1) is 12.8 Å². The molecule has 0 bridgehead atoms. The molecule has 7 heteroatoms. The Morgan fingerprint density at radius 2 is 2.09 bits per heavy atom. The standard InChI is InChI=1S/C16H25N7/c1-11(2)9-22-4-5-23-14(10-22)7-13(21-23)8-18-15-6-12(3)19-16(17)20-15/h6-7,11H,4-5,8-10H2,1-3H3,(H3,17,18,19,20). The zero-order chi connectivity index (χ0) is 16.4. The van der Waals surface area contributed by atoms with Crippen LogP contribution >= 0.6 is 0 Å². The van der Waals surface area contributed by atoms with Crippen molar-refractivity contribution in [3.8, 4) is 0 Å². The predicted octanol–water partition coefficient (Wildman–Crippen LogP) is 1.65. The molecule has 23 heavy (non-hydrogen) atoms. The van der Waals surface area contributed by atoms with E-state index in [2.05, 4.69) is 49.9 Å². The molecule has 2 aromatic rings. The highest BCUT2D eigenvalue weighted by atomic mass is 15.3. The summed E-state index contributed by atoms with van der Waals surface area (Å²) in [4.78, 5) is 10.8. The van der Waals surface area contributed by atoms with Gasteiger partial charge in [0, 0.05) is 31.4 Å². The molecule has 0 saturated carbocycles. The molecule has 0 spiro atoms. The first-order valence-electron chi connectivity index (χ1n) is 8.12. The highest BCUT2D eigenvalue weighted by Gasteiger charge is 2.18. The van der Waals surface area contributed by atoms with Gasteiger partial charge in [0.1, 0.15) is 5.82 Å². The highest BCUT2D eigenvalue weighted by Crippen LogP contribution is 2.16. The van der Waals surface area contributed by atoms with Gasteiger partial charge in [-0.2, -0.15) is 10.1 Å². The van der Waals surface area contributed by atoms with Gasteiger partial charge in [0.25, 0.3) is 0 Å². The molecule has 0 unspecified atom stereocenters. The van der Waals surface area contributed by atoms with E-state index in [-0.39, 0.29) is 0 Å². The Kier molecular flexibility index (Phi) is 4.47. The highest BCUT2D eigenvalue weighted by molar-refractivity contribution is 5.40. The Balaban J connectivity index is 1.63. The van der Waals surface area contributed by atoms with E-state index >= 15 is 0 Å². The molecule has 0 atom stereocenters. The Bertz CT molecular complexity index is 657. The number of nitrogens with two attached hydrogens (primary N) is 1. The van der Waals surface area contributed by atoms with Gasteiger partial charge in [0.05, 0.1) is 24.5 Å². The number of aromatic nitrogens is 4. The third-order valence-corrected chi connectivity index (χ3v) is 3.87. The van der Waals surface area contributed by atoms with Gasteiger partial charge < -0.3 is 11.1 Å². The van der Waals surface area contributed by atoms with Crippen molar-refractivity contribution in [3.63, 3.8) is 0 Å². The first-order valence-corrected chi connectivity index (χ1v) is 8.12. The van der Waals surface area contributed by atoms with Crippen LogP contribution < -0.4 is 11.1 Å². The van der Waals surface area contributed by atoms with Gasteiger partial charge in [-0.05, 0) is 18.9 Å². The van der Waals surface area contributed by atoms with Crippen LogP contribution in [-0.2, 0) is 19.6 Å². The van der Waals surface area contributed by atoms with Crippen LogP contribution in [0.4, 0.5) is 11.8 Å². The maximum Gasteiger partial charge on any atom is 0.222 e. The normalized spacial score (nSPS) is 15.0. The lowest BCUT2D eigenvalue weighted by molar-refractivity contribution is 0.192. The van der Waals surface area contributed by atoms with E-state index in [1.54, 1.807) is 0 Å². The largest absolute Gasteiger partial charge is 0.368 e. The SMILES string of the molecule is Cc1cc(NCc2cc3n(n2)CCN(CC(C)C)C3)nc(N)n1. The van der Waals surface area contributed by atoms with Crippen molar-refractivity contribution in [1.82, 2.24) is 24.6 Å². The molecule has 7 nitrogen and oxygen atoms in total. The Hall–Kier alpha value is -2.15. The summed E-state index contributed by atoms with van der Waals surface area (Å²) < 4.78 is 2.12. The zero-order valence-electron chi connectivity index (χ0n) is 14.1. The average Bonchev–Trinajstić information content (AvgIpc) is 2.85. The summed E-state index contributed by atoms with van der Waals surface area (Å²) in [6.07, 6.45) is 0. The first-order chi connectivity index (χ1) is 11.0. The van der Waals surface area contributed by atoms with Crippen molar-refractivity contribution in [2.45, 2.75) is 40.4 Å². The Labute approximate surface area is 136 Å². The fraction of sp³-hybridized carbons (Fsp3) is 0.562. The van der Waals surface area contributed by atoms with E-state index in [0.717, 1.165) is 43.4 Å². The molecule has 3 rings (SSSR count). The average molecular weight is 315 g/mol. The van der Waals surface area contributed by atoms with Crippen LogP contribution in [-0.4, -0.2) is 37.7 Å². The molecule has 124 valence electrons. The lowest BCUT2D eigenvalue weighted by Crippen LogP contribution is -2.36. The maximum atomic E-state index is 5.68. The van der Waals surface area contributed by atoms with Crippen LogP contribution in [0.5, 0.6) is 0 Å². The van der Waals surface area contributed by atoms with Gasteiger partial charge in [-0.25, -0.2) is 4.98 Å². The van der Waals surface area contributed by atoms with Gasteiger partial charge in [-0.15, -0.1) is 0 Å². The van der Waals surface area contributed by atoms with Crippen LogP contribution in [0.2, 0.25) is 0 Å². The third kappa shape index (κ3) is 3.98. The summed E-state index contributed by atoms with van der Waals surface area (Å²) in [5.41, 5.74) is 8.84. The maximum absolute atomic E-state index is 5.68. The molecule has 0 radical (unpaired) electrons. The van der Waals surface area contributed by atoms with Gasteiger partial charge in [-0.1, -0.05) is 13.8 Å². The van der Waals surface area contributed by atoms with Crippen molar-refractivity contribution >= 4 is 11.8 Å². The molecule has 0 aliphatic carbocycles. The van der Waals surface area contributed by atoms with Gasteiger partial charge in [-0.3, -0.25) is 9.58 Å². The Morgan fingerprint density at radius 3 is 2.83 bits per heavy atom. The first kappa shape index (κ1) is 15.7. The quantitative estimate of drug-likeness (QED) is 0.872. The minimum Gasteiger partial charge on any atom is -0.368 e. The number of nitrogens with zero attached hydrogens (tertiary/aromatic N) is 5. The lowest BCUT2D eigenvalue weighted by Gasteiger charge is -2.28. The van der Waals surface area contributed by atoms with Gasteiger partial charge >= 0.3 is 0 Å². The second-order valence-electron chi connectivity index (χ2n) is 6.59. The molecular formula is C16H25N7. The molecule has 1 aliphatic rings. The summed E-state index contributed by atoms with van der Waals surface area (Å²) in [5.74, 6) is 1.72. The molecule has 3 N–H and O–H groups in total. The van der Waals surface area contributed by atoms with E-state index in [0.29, 0.717) is 18.4 Å². The predicted molar refractivity (Wildman–Crippen MR) is 90.9 cm³/mol. The number of hydrogen-bond donors (Lipinski definition) is 2. The van der Waals surface area contributed by atoms with Crippen molar-refractivity contribution in [1.29, 1.82) is 0 Å². The van der Waals surface area contributed by atoms with Crippen LogP contribution in [0.25, 0.3) is 0 Å². The number of rotatable bonds is 5. The summed E-state index contributed by atoms with van der Waals surface area (Å²) in [5, 5.41) is 7.95. The summed E-state index contributed by atoms with van der Waals surface area (Å²) >= 11 is 0. The molecule has 2 aromatic heterocycles. The summed E-state index contributed by atoms with van der Waals surface area (Å²) in [6, 6.07) is 4.06. The number of hydrogen-bond acceptors (Lipinski definition) is 6.